The van der Waals surface area contributed by atoms with Crippen LogP contribution in [0, 0.1) is 6.92 Å². The first-order chi connectivity index (χ1) is 11.6. The van der Waals surface area contributed by atoms with Crippen molar-refractivity contribution >= 4 is 5.82 Å². The van der Waals surface area contributed by atoms with Crippen LogP contribution < -0.4 is 4.90 Å². The Labute approximate surface area is 143 Å². The van der Waals surface area contributed by atoms with Gasteiger partial charge in [0.2, 0.25) is 0 Å². The number of rotatable bonds is 5. The van der Waals surface area contributed by atoms with Crippen LogP contribution in [-0.4, -0.2) is 17.1 Å². The van der Waals surface area contributed by atoms with E-state index < -0.39 is 6.10 Å². The molecule has 0 bridgehead atoms. The van der Waals surface area contributed by atoms with Crippen LogP contribution in [0.1, 0.15) is 28.5 Å². The Morgan fingerprint density at radius 1 is 0.917 bits per heavy atom. The van der Waals surface area contributed by atoms with Crippen LogP contribution >= 0.6 is 0 Å². The van der Waals surface area contributed by atoms with Gasteiger partial charge in [0.25, 0.3) is 0 Å². The van der Waals surface area contributed by atoms with Crippen molar-refractivity contribution in [2.24, 2.45) is 0 Å². The maximum Gasteiger partial charge on any atom is 0.128 e. The highest BCUT2D eigenvalue weighted by Crippen LogP contribution is 2.25. The number of nitrogens with zero attached hydrogens (tertiary/aromatic N) is 2. The van der Waals surface area contributed by atoms with Gasteiger partial charge in [0, 0.05) is 24.8 Å². The molecule has 0 radical (unpaired) electrons. The summed E-state index contributed by atoms with van der Waals surface area (Å²) in [5.41, 5.74) is 3.82. The van der Waals surface area contributed by atoms with Gasteiger partial charge in [0.15, 0.2) is 0 Å². The van der Waals surface area contributed by atoms with E-state index in [1.807, 2.05) is 74.6 Å². The minimum absolute atomic E-state index is 0.646. The summed E-state index contributed by atoms with van der Waals surface area (Å²) in [6, 6.07) is 23.9. The van der Waals surface area contributed by atoms with Crippen LogP contribution in [0.25, 0.3) is 0 Å². The summed E-state index contributed by atoms with van der Waals surface area (Å²) in [5, 5.41) is 10.6. The van der Waals surface area contributed by atoms with Gasteiger partial charge in [-0.15, -0.1) is 0 Å². The van der Waals surface area contributed by atoms with Crippen LogP contribution in [0.3, 0.4) is 0 Å². The largest absolute Gasteiger partial charge is 0.384 e. The predicted molar refractivity (Wildman–Crippen MR) is 98.0 cm³/mol. The molecule has 122 valence electrons. The molecule has 3 rings (SSSR count). The molecule has 0 aliphatic heterocycles. The molecule has 0 aliphatic carbocycles. The topological polar surface area (TPSA) is 36.4 Å². The third-order valence-electron chi connectivity index (χ3n) is 4.18. The maximum atomic E-state index is 10.6. The van der Waals surface area contributed by atoms with E-state index in [4.69, 9.17) is 0 Å². The Kier molecular flexibility index (Phi) is 4.92. The van der Waals surface area contributed by atoms with Gasteiger partial charge < -0.3 is 10.0 Å². The first-order valence-electron chi connectivity index (χ1n) is 8.11. The predicted octanol–water partition coefficient (Wildman–Crippen LogP) is 4.11. The molecule has 1 atom stereocenters. The zero-order valence-corrected chi connectivity index (χ0v) is 14.1. The van der Waals surface area contributed by atoms with Gasteiger partial charge >= 0.3 is 0 Å². The van der Waals surface area contributed by atoms with Gasteiger partial charge in [-0.2, -0.15) is 0 Å². The molecule has 1 aromatic heterocycles. The van der Waals surface area contributed by atoms with Crippen molar-refractivity contribution in [2.45, 2.75) is 19.6 Å². The zero-order chi connectivity index (χ0) is 16.9. The number of pyridine rings is 1. The first kappa shape index (κ1) is 16.2. The Morgan fingerprint density at radius 2 is 1.54 bits per heavy atom. The fourth-order valence-electron chi connectivity index (χ4n) is 2.81. The summed E-state index contributed by atoms with van der Waals surface area (Å²) in [4.78, 5) is 6.79. The molecule has 1 N–H and O–H groups in total. The van der Waals surface area contributed by atoms with Crippen LogP contribution in [0.5, 0.6) is 0 Å². The van der Waals surface area contributed by atoms with Crippen molar-refractivity contribution in [3.63, 3.8) is 0 Å². The molecule has 0 amide bonds. The molecule has 0 unspecified atom stereocenters. The molecule has 0 aliphatic rings. The molecule has 3 nitrogen and oxygen atoms in total. The summed E-state index contributed by atoms with van der Waals surface area (Å²) in [7, 11) is 2.03. The van der Waals surface area contributed by atoms with Crippen molar-refractivity contribution < 1.29 is 5.11 Å². The average Bonchev–Trinajstić information content (AvgIpc) is 2.62. The molecule has 24 heavy (non-hydrogen) atoms. The number of aromatic nitrogens is 1. The lowest BCUT2D eigenvalue weighted by atomic mass is 10.0. The monoisotopic (exact) mass is 318 g/mol. The van der Waals surface area contributed by atoms with Gasteiger partial charge in [0.1, 0.15) is 11.9 Å². The van der Waals surface area contributed by atoms with E-state index in [0.717, 1.165) is 29.2 Å². The van der Waals surface area contributed by atoms with Crippen LogP contribution in [-0.2, 0) is 6.54 Å². The summed E-state index contributed by atoms with van der Waals surface area (Å²) in [6.45, 7) is 2.75. The van der Waals surface area contributed by atoms with Crippen LogP contribution in [0.2, 0.25) is 0 Å². The first-order valence-corrected chi connectivity index (χ1v) is 8.11. The van der Waals surface area contributed by atoms with Crippen molar-refractivity contribution in [3.05, 3.63) is 95.2 Å². The van der Waals surface area contributed by atoms with Gasteiger partial charge in [-0.3, -0.25) is 0 Å². The SMILES string of the molecule is Cc1nc(N(C)Cc2ccccc2)ccc1[C@H](O)c1ccccc1. The second kappa shape index (κ2) is 7.28. The third kappa shape index (κ3) is 3.63. The number of hydrogen-bond donors (Lipinski definition) is 1. The van der Waals surface area contributed by atoms with Crippen LogP contribution in [0.15, 0.2) is 72.8 Å². The maximum absolute atomic E-state index is 10.6. The lowest BCUT2D eigenvalue weighted by Gasteiger charge is -2.21. The summed E-state index contributed by atoms with van der Waals surface area (Å²) in [6.07, 6.45) is -0.646. The van der Waals surface area contributed by atoms with E-state index in [9.17, 15) is 5.11 Å². The number of hydrogen-bond acceptors (Lipinski definition) is 3. The fourth-order valence-corrected chi connectivity index (χ4v) is 2.81. The van der Waals surface area contributed by atoms with Crippen molar-refractivity contribution in [1.29, 1.82) is 0 Å². The standard InChI is InChI=1S/C21H22N2O/c1-16-19(21(24)18-11-7-4-8-12-18)13-14-20(22-16)23(2)15-17-9-5-3-6-10-17/h3-14,21,24H,15H2,1-2H3/t21-/m1/s1. The Morgan fingerprint density at radius 3 is 2.17 bits per heavy atom. The molecule has 1 heterocycles. The number of benzene rings is 2. The minimum atomic E-state index is -0.646. The summed E-state index contributed by atoms with van der Waals surface area (Å²) < 4.78 is 0. The molecule has 2 aromatic carbocycles. The fraction of sp³-hybridized carbons (Fsp3) is 0.190. The Bertz CT molecular complexity index is 787. The van der Waals surface area contributed by atoms with Crippen molar-refractivity contribution in [1.82, 2.24) is 4.98 Å². The normalized spacial score (nSPS) is 12.0. The quantitative estimate of drug-likeness (QED) is 0.769. The Balaban J connectivity index is 1.79. The molecule has 0 fully saturated rings. The lowest BCUT2D eigenvalue weighted by Crippen LogP contribution is -2.18. The van der Waals surface area contributed by atoms with Gasteiger partial charge in [-0.05, 0) is 24.1 Å². The molecular formula is C21H22N2O. The van der Waals surface area contributed by atoms with E-state index >= 15 is 0 Å². The van der Waals surface area contributed by atoms with Gasteiger partial charge in [-0.25, -0.2) is 4.98 Å². The molecule has 0 spiro atoms. The number of aliphatic hydroxyl groups excluding tert-OH is 1. The molecule has 0 saturated carbocycles. The van der Waals surface area contributed by atoms with Crippen molar-refractivity contribution in [2.75, 3.05) is 11.9 Å². The zero-order valence-electron chi connectivity index (χ0n) is 14.1. The molecule has 3 aromatic rings. The summed E-state index contributed by atoms with van der Waals surface area (Å²) >= 11 is 0. The highest BCUT2D eigenvalue weighted by Gasteiger charge is 2.15. The second-order valence-corrected chi connectivity index (χ2v) is 6.00. The van der Waals surface area contributed by atoms with Gasteiger partial charge in [-0.1, -0.05) is 66.7 Å². The molecular weight excluding hydrogens is 296 g/mol. The number of aryl methyl sites for hydroxylation is 1. The van der Waals surface area contributed by atoms with E-state index in [-0.39, 0.29) is 0 Å². The van der Waals surface area contributed by atoms with Crippen LogP contribution in [0.4, 0.5) is 5.82 Å². The van der Waals surface area contributed by atoms with E-state index in [2.05, 4.69) is 22.0 Å². The minimum Gasteiger partial charge on any atom is -0.384 e. The second-order valence-electron chi connectivity index (χ2n) is 6.00. The lowest BCUT2D eigenvalue weighted by molar-refractivity contribution is 0.219. The molecule has 3 heteroatoms. The smallest absolute Gasteiger partial charge is 0.128 e. The average molecular weight is 318 g/mol. The molecule has 0 saturated heterocycles. The highest BCUT2D eigenvalue weighted by atomic mass is 16.3. The summed E-state index contributed by atoms with van der Waals surface area (Å²) in [5.74, 6) is 0.903. The van der Waals surface area contributed by atoms with Gasteiger partial charge in [0.05, 0.1) is 0 Å². The van der Waals surface area contributed by atoms with E-state index in [0.29, 0.717) is 0 Å². The number of anilines is 1. The Hall–Kier alpha value is -2.65. The number of aliphatic hydroxyl groups is 1. The van der Waals surface area contributed by atoms with Crippen molar-refractivity contribution in [3.8, 4) is 0 Å². The highest BCUT2D eigenvalue weighted by molar-refractivity contribution is 5.44. The van der Waals surface area contributed by atoms with E-state index in [1.54, 1.807) is 0 Å². The third-order valence-corrected chi connectivity index (χ3v) is 4.18. The van der Waals surface area contributed by atoms with E-state index in [1.165, 1.54) is 5.56 Å².